The third-order valence-electron chi connectivity index (χ3n) is 4.24. The van der Waals surface area contributed by atoms with Gasteiger partial charge in [-0.25, -0.2) is 4.79 Å². The number of halogens is 1. The average molecular weight is 271 g/mol. The Labute approximate surface area is 111 Å². The average Bonchev–Trinajstić information content (AvgIpc) is 2.27. The highest BCUT2D eigenvalue weighted by molar-refractivity contribution is 6.30. The molecule has 0 bridgehead atoms. The highest BCUT2D eigenvalue weighted by atomic mass is 35.5. The first kappa shape index (κ1) is 13.4. The molecule has 18 heavy (non-hydrogen) atoms. The van der Waals surface area contributed by atoms with Crippen LogP contribution in [0.15, 0.2) is 9.59 Å². The van der Waals surface area contributed by atoms with Crippen molar-refractivity contribution in [3.63, 3.8) is 0 Å². The second kappa shape index (κ2) is 4.92. The van der Waals surface area contributed by atoms with E-state index in [2.05, 4.69) is 11.9 Å². The summed E-state index contributed by atoms with van der Waals surface area (Å²) in [5, 5.41) is 0.183. The van der Waals surface area contributed by atoms with Crippen LogP contribution in [-0.2, 0) is 13.0 Å². The molecule has 5 heteroatoms. The standard InChI is InChI=1S/C13H19ClN2O2/c1-3-9-10(14)15-12(18)16(11(9)17)8-13(4-2)6-5-7-13/h3-8H2,1-2H3,(H,15,18). The van der Waals surface area contributed by atoms with Crippen molar-refractivity contribution in [3.05, 3.63) is 31.6 Å². The molecule has 1 aliphatic carbocycles. The number of rotatable bonds is 4. The summed E-state index contributed by atoms with van der Waals surface area (Å²) in [5.74, 6) is 0. The molecule has 0 unspecified atom stereocenters. The number of nitrogens with zero attached hydrogens (tertiary/aromatic N) is 1. The molecule has 0 saturated heterocycles. The van der Waals surface area contributed by atoms with Gasteiger partial charge < -0.3 is 0 Å². The van der Waals surface area contributed by atoms with Gasteiger partial charge in [-0.05, 0) is 31.1 Å². The van der Waals surface area contributed by atoms with Crippen LogP contribution in [0.2, 0.25) is 5.15 Å². The molecule has 1 N–H and O–H groups in total. The molecule has 0 atom stereocenters. The van der Waals surface area contributed by atoms with Crippen molar-refractivity contribution in [1.29, 1.82) is 0 Å². The number of aromatic nitrogens is 2. The van der Waals surface area contributed by atoms with Crippen molar-refractivity contribution in [2.75, 3.05) is 0 Å². The molecule has 0 radical (unpaired) electrons. The highest BCUT2D eigenvalue weighted by Crippen LogP contribution is 2.44. The second-order valence-electron chi connectivity index (χ2n) is 5.17. The molecule has 1 fully saturated rings. The van der Waals surface area contributed by atoms with E-state index in [0.29, 0.717) is 18.5 Å². The lowest BCUT2D eigenvalue weighted by molar-refractivity contribution is 0.0966. The third kappa shape index (κ3) is 2.14. The molecule has 0 aromatic carbocycles. The van der Waals surface area contributed by atoms with Crippen molar-refractivity contribution in [2.45, 2.75) is 52.5 Å². The second-order valence-corrected chi connectivity index (χ2v) is 5.55. The van der Waals surface area contributed by atoms with E-state index in [0.717, 1.165) is 19.3 Å². The number of nitrogens with one attached hydrogen (secondary N) is 1. The maximum atomic E-state index is 12.2. The maximum Gasteiger partial charge on any atom is 0.329 e. The number of aromatic amines is 1. The Morgan fingerprint density at radius 3 is 2.44 bits per heavy atom. The minimum absolute atomic E-state index is 0.135. The Balaban J connectivity index is 2.45. The summed E-state index contributed by atoms with van der Waals surface area (Å²) in [6.45, 7) is 4.50. The lowest BCUT2D eigenvalue weighted by Gasteiger charge is -2.41. The van der Waals surface area contributed by atoms with Gasteiger partial charge in [-0.1, -0.05) is 31.9 Å². The van der Waals surface area contributed by atoms with Crippen molar-refractivity contribution < 1.29 is 0 Å². The fraction of sp³-hybridized carbons (Fsp3) is 0.692. The van der Waals surface area contributed by atoms with Gasteiger partial charge in [0.15, 0.2) is 0 Å². The molecule has 2 rings (SSSR count). The van der Waals surface area contributed by atoms with E-state index in [9.17, 15) is 9.59 Å². The van der Waals surface area contributed by atoms with E-state index in [1.54, 1.807) is 0 Å². The first-order valence-corrected chi connectivity index (χ1v) is 6.92. The van der Waals surface area contributed by atoms with Gasteiger partial charge >= 0.3 is 5.69 Å². The molecule has 1 aromatic heterocycles. The van der Waals surface area contributed by atoms with E-state index in [1.807, 2.05) is 6.92 Å². The first-order valence-electron chi connectivity index (χ1n) is 6.54. The quantitative estimate of drug-likeness (QED) is 0.854. The summed E-state index contributed by atoms with van der Waals surface area (Å²) in [5.41, 5.74) is 0.0186. The Hall–Kier alpha value is -1.03. The van der Waals surface area contributed by atoms with Gasteiger partial charge in [0.1, 0.15) is 5.15 Å². The molecule has 0 aliphatic heterocycles. The summed E-state index contributed by atoms with van der Waals surface area (Å²) in [7, 11) is 0. The molecule has 1 aliphatic rings. The van der Waals surface area contributed by atoms with Crippen molar-refractivity contribution >= 4 is 11.6 Å². The maximum absolute atomic E-state index is 12.2. The zero-order valence-corrected chi connectivity index (χ0v) is 11.6. The Kier molecular flexibility index (Phi) is 3.66. The summed E-state index contributed by atoms with van der Waals surface area (Å²) in [6.07, 6.45) is 4.92. The third-order valence-corrected chi connectivity index (χ3v) is 4.56. The van der Waals surface area contributed by atoms with Crippen LogP contribution in [0.3, 0.4) is 0 Å². The van der Waals surface area contributed by atoms with E-state index in [1.165, 1.54) is 11.0 Å². The minimum atomic E-state index is -0.387. The Bertz CT molecular complexity index is 550. The SMILES string of the molecule is CCc1c(Cl)[nH]c(=O)n(CC2(CC)CCC2)c1=O. The van der Waals surface area contributed by atoms with Crippen LogP contribution in [0.1, 0.15) is 45.1 Å². The van der Waals surface area contributed by atoms with Crippen LogP contribution in [0, 0.1) is 5.41 Å². The monoisotopic (exact) mass is 270 g/mol. The molecule has 0 spiro atoms. The minimum Gasteiger partial charge on any atom is -0.297 e. The molecule has 1 aromatic rings. The van der Waals surface area contributed by atoms with Crippen LogP contribution < -0.4 is 11.2 Å². The van der Waals surface area contributed by atoms with Crippen molar-refractivity contribution in [3.8, 4) is 0 Å². The fourth-order valence-electron chi connectivity index (χ4n) is 2.67. The van der Waals surface area contributed by atoms with E-state index in [-0.39, 0.29) is 21.8 Å². The first-order chi connectivity index (χ1) is 8.53. The van der Waals surface area contributed by atoms with E-state index < -0.39 is 0 Å². The predicted molar refractivity (Wildman–Crippen MR) is 72.3 cm³/mol. The number of hydrogen-bond acceptors (Lipinski definition) is 2. The molecule has 4 nitrogen and oxygen atoms in total. The summed E-state index contributed by atoms with van der Waals surface area (Å²) in [6, 6.07) is 0. The van der Waals surface area contributed by atoms with Crippen LogP contribution in [0.25, 0.3) is 0 Å². The van der Waals surface area contributed by atoms with Crippen LogP contribution in [-0.4, -0.2) is 9.55 Å². The zero-order chi connectivity index (χ0) is 13.3. The number of H-pyrrole nitrogens is 1. The van der Waals surface area contributed by atoms with Crippen LogP contribution in [0.5, 0.6) is 0 Å². The Morgan fingerprint density at radius 1 is 1.33 bits per heavy atom. The normalized spacial score (nSPS) is 17.5. The lowest BCUT2D eigenvalue weighted by Crippen LogP contribution is -2.44. The van der Waals surface area contributed by atoms with Gasteiger partial charge in [0.25, 0.3) is 5.56 Å². The zero-order valence-electron chi connectivity index (χ0n) is 10.9. The Morgan fingerprint density at radius 2 is 2.00 bits per heavy atom. The molecular weight excluding hydrogens is 252 g/mol. The van der Waals surface area contributed by atoms with E-state index >= 15 is 0 Å². The smallest absolute Gasteiger partial charge is 0.297 e. The molecule has 100 valence electrons. The molecule has 1 heterocycles. The van der Waals surface area contributed by atoms with Gasteiger partial charge in [0, 0.05) is 6.54 Å². The van der Waals surface area contributed by atoms with Gasteiger partial charge in [-0.15, -0.1) is 0 Å². The molecular formula is C13H19ClN2O2. The van der Waals surface area contributed by atoms with Gasteiger partial charge in [0.05, 0.1) is 5.56 Å². The van der Waals surface area contributed by atoms with Gasteiger partial charge in [-0.3, -0.25) is 14.3 Å². The van der Waals surface area contributed by atoms with Crippen molar-refractivity contribution in [2.24, 2.45) is 5.41 Å². The molecule has 1 saturated carbocycles. The topological polar surface area (TPSA) is 54.9 Å². The predicted octanol–water partition coefficient (Wildman–Crippen LogP) is 2.33. The lowest BCUT2D eigenvalue weighted by atomic mass is 9.67. The summed E-state index contributed by atoms with van der Waals surface area (Å²) >= 11 is 5.89. The van der Waals surface area contributed by atoms with Crippen molar-refractivity contribution in [1.82, 2.24) is 9.55 Å². The van der Waals surface area contributed by atoms with Crippen LogP contribution in [0.4, 0.5) is 0 Å². The van der Waals surface area contributed by atoms with Gasteiger partial charge in [0.2, 0.25) is 0 Å². The summed E-state index contributed by atoms with van der Waals surface area (Å²) < 4.78 is 1.33. The van der Waals surface area contributed by atoms with Crippen LogP contribution >= 0.6 is 11.6 Å². The number of hydrogen-bond donors (Lipinski definition) is 1. The van der Waals surface area contributed by atoms with E-state index in [4.69, 9.17) is 11.6 Å². The fourth-order valence-corrected chi connectivity index (χ4v) is 2.97. The molecule has 0 amide bonds. The van der Waals surface area contributed by atoms with Gasteiger partial charge in [-0.2, -0.15) is 0 Å². The highest BCUT2D eigenvalue weighted by Gasteiger charge is 2.36. The summed E-state index contributed by atoms with van der Waals surface area (Å²) in [4.78, 5) is 26.7. The largest absolute Gasteiger partial charge is 0.329 e.